The van der Waals surface area contributed by atoms with Crippen molar-refractivity contribution in [3.63, 3.8) is 0 Å². The number of hydrogen-bond acceptors (Lipinski definition) is 3. The highest BCUT2D eigenvalue weighted by Gasteiger charge is 2.16. The van der Waals surface area contributed by atoms with E-state index in [1.807, 2.05) is 0 Å². The van der Waals surface area contributed by atoms with Gasteiger partial charge in [0.05, 0.1) is 7.11 Å². The highest BCUT2D eigenvalue weighted by Crippen LogP contribution is 2.35. The zero-order chi connectivity index (χ0) is 14.4. The molecular weight excluding hydrogens is 306 g/mol. The summed E-state index contributed by atoms with van der Waals surface area (Å²) >= 11 is 3.66. The molecule has 1 rings (SSSR count). The van der Waals surface area contributed by atoms with E-state index < -0.39 is 0 Å². The number of halogens is 1. The molecule has 0 aliphatic rings. The van der Waals surface area contributed by atoms with Gasteiger partial charge in [0.15, 0.2) is 0 Å². The van der Waals surface area contributed by atoms with Gasteiger partial charge in [0.25, 0.3) is 0 Å². The van der Waals surface area contributed by atoms with Crippen molar-refractivity contribution >= 4 is 15.9 Å². The minimum Gasteiger partial charge on any atom is -0.496 e. The fourth-order valence-corrected chi connectivity index (χ4v) is 2.75. The van der Waals surface area contributed by atoms with Crippen LogP contribution in [0.5, 0.6) is 5.75 Å². The van der Waals surface area contributed by atoms with E-state index in [-0.39, 0.29) is 6.61 Å². The van der Waals surface area contributed by atoms with E-state index in [0.29, 0.717) is 0 Å². The molecule has 0 amide bonds. The van der Waals surface area contributed by atoms with Crippen LogP contribution in [0.3, 0.4) is 0 Å². The summed E-state index contributed by atoms with van der Waals surface area (Å²) in [5, 5.41) is 12.2. The molecule has 0 aliphatic carbocycles. The Morgan fingerprint density at radius 1 is 1.11 bits per heavy atom. The summed E-state index contributed by atoms with van der Waals surface area (Å²) in [5.74, 6) is 0.979. The van der Waals surface area contributed by atoms with Gasteiger partial charge in [-0.3, -0.25) is 0 Å². The normalized spacial score (nSPS) is 10.8. The minimum atomic E-state index is 0.263. The van der Waals surface area contributed by atoms with Crippen molar-refractivity contribution in [2.24, 2.45) is 0 Å². The predicted octanol–water partition coefficient (Wildman–Crippen LogP) is 3.25. The third kappa shape index (κ3) is 3.94. The summed E-state index contributed by atoms with van der Waals surface area (Å²) in [6, 6.07) is 0. The quantitative estimate of drug-likeness (QED) is 0.754. The lowest BCUT2D eigenvalue weighted by atomic mass is 9.99. The molecule has 2 N–H and O–H groups in total. The molecule has 1 aromatic carbocycles. The van der Waals surface area contributed by atoms with E-state index >= 15 is 0 Å². The molecule has 0 aliphatic heterocycles. The Morgan fingerprint density at radius 3 is 2.37 bits per heavy atom. The number of hydrogen-bond donors (Lipinski definition) is 2. The molecule has 19 heavy (non-hydrogen) atoms. The molecule has 0 unspecified atom stereocenters. The number of rotatable bonds is 7. The van der Waals surface area contributed by atoms with Crippen molar-refractivity contribution in [3.05, 3.63) is 26.7 Å². The lowest BCUT2D eigenvalue weighted by Crippen LogP contribution is -2.17. The van der Waals surface area contributed by atoms with Crippen molar-refractivity contribution in [1.82, 2.24) is 5.32 Å². The molecular formula is C15H24BrNO2. The van der Waals surface area contributed by atoms with E-state index in [0.717, 1.165) is 36.2 Å². The number of ether oxygens (including phenoxy) is 1. The SMILES string of the molecule is COc1c(C)c(C)c(Br)c(C)c1CNCCCCO. The topological polar surface area (TPSA) is 41.5 Å². The maximum absolute atomic E-state index is 8.76. The summed E-state index contributed by atoms with van der Waals surface area (Å²) < 4.78 is 6.73. The summed E-state index contributed by atoms with van der Waals surface area (Å²) in [6.45, 7) is 8.28. The maximum Gasteiger partial charge on any atom is 0.126 e. The first-order chi connectivity index (χ1) is 9.04. The Morgan fingerprint density at radius 2 is 1.79 bits per heavy atom. The van der Waals surface area contributed by atoms with Crippen molar-refractivity contribution in [2.45, 2.75) is 40.2 Å². The van der Waals surface area contributed by atoms with Gasteiger partial charge in [-0.15, -0.1) is 0 Å². The number of benzene rings is 1. The van der Waals surface area contributed by atoms with Gasteiger partial charge in [0, 0.05) is 23.2 Å². The first-order valence-electron chi connectivity index (χ1n) is 6.68. The van der Waals surface area contributed by atoms with E-state index in [1.54, 1.807) is 7.11 Å². The number of aliphatic hydroxyl groups excluding tert-OH is 1. The zero-order valence-corrected chi connectivity index (χ0v) is 13.9. The molecule has 0 saturated carbocycles. The summed E-state index contributed by atoms with van der Waals surface area (Å²) in [7, 11) is 1.73. The van der Waals surface area contributed by atoms with Gasteiger partial charge < -0.3 is 15.2 Å². The van der Waals surface area contributed by atoms with E-state index in [4.69, 9.17) is 9.84 Å². The average molecular weight is 330 g/mol. The van der Waals surface area contributed by atoms with Gasteiger partial charge in [-0.25, -0.2) is 0 Å². The molecule has 0 heterocycles. The molecule has 4 heteroatoms. The van der Waals surface area contributed by atoms with Crippen LogP contribution in [0.2, 0.25) is 0 Å². The number of unbranched alkanes of at least 4 members (excludes halogenated alkanes) is 1. The maximum atomic E-state index is 8.76. The second kappa shape index (κ2) is 7.88. The molecule has 0 spiro atoms. The van der Waals surface area contributed by atoms with Crippen LogP contribution in [0.25, 0.3) is 0 Å². The summed E-state index contributed by atoms with van der Waals surface area (Å²) in [5.41, 5.74) is 4.86. The van der Waals surface area contributed by atoms with E-state index in [2.05, 4.69) is 42.0 Å². The van der Waals surface area contributed by atoms with Crippen molar-refractivity contribution in [3.8, 4) is 5.75 Å². The van der Waals surface area contributed by atoms with Crippen molar-refractivity contribution in [2.75, 3.05) is 20.3 Å². The second-order valence-electron chi connectivity index (χ2n) is 4.81. The fraction of sp³-hybridized carbons (Fsp3) is 0.600. The van der Waals surface area contributed by atoms with Gasteiger partial charge in [0.2, 0.25) is 0 Å². The molecule has 0 aromatic heterocycles. The van der Waals surface area contributed by atoms with Gasteiger partial charge in [-0.05, 0) is 56.8 Å². The zero-order valence-electron chi connectivity index (χ0n) is 12.3. The molecule has 0 fully saturated rings. The van der Waals surface area contributed by atoms with Crippen LogP contribution >= 0.6 is 15.9 Å². The highest BCUT2D eigenvalue weighted by molar-refractivity contribution is 9.10. The van der Waals surface area contributed by atoms with Crippen LogP contribution in [0.15, 0.2) is 4.47 Å². The number of nitrogens with one attached hydrogen (secondary N) is 1. The standard InChI is InChI=1S/C15H24BrNO2/c1-10-11(2)15(19-4)13(12(3)14(10)16)9-17-7-5-6-8-18/h17-18H,5-9H2,1-4H3. The Balaban J connectivity index is 2.87. The van der Waals surface area contributed by atoms with Gasteiger partial charge >= 0.3 is 0 Å². The van der Waals surface area contributed by atoms with Gasteiger partial charge in [-0.2, -0.15) is 0 Å². The Labute approximate surface area is 124 Å². The monoisotopic (exact) mass is 329 g/mol. The van der Waals surface area contributed by atoms with Gasteiger partial charge in [0.1, 0.15) is 5.75 Å². The number of aliphatic hydroxyl groups is 1. The molecule has 1 aromatic rings. The fourth-order valence-electron chi connectivity index (χ4n) is 2.21. The molecule has 3 nitrogen and oxygen atoms in total. The lowest BCUT2D eigenvalue weighted by Gasteiger charge is -2.19. The molecule has 0 bridgehead atoms. The number of methoxy groups -OCH3 is 1. The summed E-state index contributed by atoms with van der Waals surface area (Å²) in [4.78, 5) is 0. The third-order valence-corrected chi connectivity index (χ3v) is 4.75. The van der Waals surface area contributed by atoms with E-state index in [1.165, 1.54) is 22.3 Å². The molecule has 0 radical (unpaired) electrons. The van der Waals surface area contributed by atoms with Gasteiger partial charge in [-0.1, -0.05) is 15.9 Å². The molecule has 0 saturated heterocycles. The van der Waals surface area contributed by atoms with E-state index in [9.17, 15) is 0 Å². The van der Waals surface area contributed by atoms with Crippen LogP contribution in [0, 0.1) is 20.8 Å². The van der Waals surface area contributed by atoms with Crippen LogP contribution in [-0.4, -0.2) is 25.4 Å². The first kappa shape index (κ1) is 16.5. The molecule has 108 valence electrons. The largest absolute Gasteiger partial charge is 0.496 e. The smallest absolute Gasteiger partial charge is 0.126 e. The van der Waals surface area contributed by atoms with Crippen LogP contribution < -0.4 is 10.1 Å². The Bertz CT molecular complexity index is 433. The van der Waals surface area contributed by atoms with Crippen molar-refractivity contribution < 1.29 is 9.84 Å². The van der Waals surface area contributed by atoms with Crippen molar-refractivity contribution in [1.29, 1.82) is 0 Å². The predicted molar refractivity (Wildman–Crippen MR) is 82.9 cm³/mol. The highest BCUT2D eigenvalue weighted by atomic mass is 79.9. The molecule has 0 atom stereocenters. The lowest BCUT2D eigenvalue weighted by molar-refractivity contribution is 0.283. The Kier molecular flexibility index (Phi) is 6.83. The minimum absolute atomic E-state index is 0.263. The average Bonchev–Trinajstić information content (AvgIpc) is 2.41. The Hall–Kier alpha value is -0.580. The van der Waals surface area contributed by atoms with Crippen LogP contribution in [0.4, 0.5) is 0 Å². The van der Waals surface area contributed by atoms with Crippen LogP contribution in [-0.2, 0) is 6.54 Å². The summed E-state index contributed by atoms with van der Waals surface area (Å²) in [6.07, 6.45) is 1.84. The van der Waals surface area contributed by atoms with Crippen LogP contribution in [0.1, 0.15) is 35.1 Å². The second-order valence-corrected chi connectivity index (χ2v) is 5.60. The first-order valence-corrected chi connectivity index (χ1v) is 7.47. The third-order valence-electron chi connectivity index (χ3n) is 3.56.